The van der Waals surface area contributed by atoms with Crippen molar-refractivity contribution in [3.8, 4) is 0 Å². The first-order valence-corrected chi connectivity index (χ1v) is 9.82. The van der Waals surface area contributed by atoms with Crippen LogP contribution < -0.4 is 0 Å². The second kappa shape index (κ2) is 19.0. The lowest BCUT2D eigenvalue weighted by molar-refractivity contribution is -0.140. The van der Waals surface area contributed by atoms with Crippen LogP contribution in [0.3, 0.4) is 0 Å². The summed E-state index contributed by atoms with van der Waals surface area (Å²) in [5.74, 6) is 0.742. The van der Waals surface area contributed by atoms with E-state index in [9.17, 15) is 0 Å². The third kappa shape index (κ3) is 16.3. The Kier molecular flexibility index (Phi) is 19.0. The molecule has 0 amide bonds. The molecule has 3 heteroatoms. The molecule has 0 bridgehead atoms. The molecular formula is C19H37ClO2. The first-order chi connectivity index (χ1) is 10.8. The van der Waals surface area contributed by atoms with Gasteiger partial charge in [0.15, 0.2) is 6.29 Å². The van der Waals surface area contributed by atoms with Gasteiger partial charge in [-0.3, -0.25) is 0 Å². The fourth-order valence-electron chi connectivity index (χ4n) is 2.52. The molecule has 0 spiro atoms. The molecule has 0 aromatic rings. The van der Waals surface area contributed by atoms with Crippen molar-refractivity contribution in [2.75, 3.05) is 19.1 Å². The molecule has 0 aliphatic heterocycles. The third-order valence-corrected chi connectivity index (χ3v) is 3.93. The number of hydrogen-bond donors (Lipinski definition) is 0. The zero-order valence-corrected chi connectivity index (χ0v) is 15.6. The molecule has 0 fully saturated rings. The third-order valence-electron chi connectivity index (χ3n) is 3.71. The van der Waals surface area contributed by atoms with Gasteiger partial charge in [0.1, 0.15) is 0 Å². The molecule has 22 heavy (non-hydrogen) atoms. The highest BCUT2D eigenvalue weighted by molar-refractivity contribution is 6.17. The number of unbranched alkanes of at least 4 members (excludes halogenated alkanes) is 8. The van der Waals surface area contributed by atoms with Crippen molar-refractivity contribution in [1.82, 2.24) is 0 Å². The van der Waals surface area contributed by atoms with Crippen molar-refractivity contribution >= 4 is 11.6 Å². The first-order valence-electron chi connectivity index (χ1n) is 9.29. The molecule has 0 heterocycles. The summed E-state index contributed by atoms with van der Waals surface area (Å²) in [6.07, 6.45) is 18.4. The van der Waals surface area contributed by atoms with Gasteiger partial charge in [0.25, 0.3) is 0 Å². The largest absolute Gasteiger partial charge is 0.353 e. The van der Waals surface area contributed by atoms with Gasteiger partial charge in [0, 0.05) is 19.1 Å². The Morgan fingerprint density at radius 2 is 1.23 bits per heavy atom. The minimum atomic E-state index is 0.0156. The maximum atomic E-state index is 5.62. The summed E-state index contributed by atoms with van der Waals surface area (Å²) in [5.41, 5.74) is 0. The van der Waals surface area contributed by atoms with E-state index in [-0.39, 0.29) is 6.29 Å². The summed E-state index contributed by atoms with van der Waals surface area (Å²) in [6.45, 7) is 5.54. The predicted octanol–water partition coefficient (Wildman–Crippen LogP) is 6.47. The molecule has 0 radical (unpaired) electrons. The lowest BCUT2D eigenvalue weighted by Crippen LogP contribution is -2.17. The average Bonchev–Trinajstić information content (AvgIpc) is 2.52. The van der Waals surface area contributed by atoms with Crippen LogP contribution in [0.15, 0.2) is 12.2 Å². The van der Waals surface area contributed by atoms with E-state index in [4.69, 9.17) is 21.1 Å². The van der Waals surface area contributed by atoms with E-state index < -0.39 is 0 Å². The maximum Gasteiger partial charge on any atom is 0.157 e. The molecular weight excluding hydrogens is 296 g/mol. The van der Waals surface area contributed by atoms with Gasteiger partial charge in [-0.05, 0) is 46.0 Å². The van der Waals surface area contributed by atoms with Crippen LogP contribution in [0, 0.1) is 0 Å². The molecule has 0 aliphatic carbocycles. The SMILES string of the molecule is CCOC(CCCCCCCCCC/C=C\CCCl)OCC. The summed E-state index contributed by atoms with van der Waals surface area (Å²) in [4.78, 5) is 0. The molecule has 0 aliphatic rings. The van der Waals surface area contributed by atoms with Crippen LogP contribution in [-0.2, 0) is 9.47 Å². The van der Waals surface area contributed by atoms with Crippen molar-refractivity contribution in [2.24, 2.45) is 0 Å². The molecule has 2 nitrogen and oxygen atoms in total. The van der Waals surface area contributed by atoms with Gasteiger partial charge < -0.3 is 9.47 Å². The van der Waals surface area contributed by atoms with E-state index in [1.165, 1.54) is 57.8 Å². The minimum Gasteiger partial charge on any atom is -0.353 e. The summed E-state index contributed by atoms with van der Waals surface area (Å²) < 4.78 is 11.1. The van der Waals surface area contributed by atoms with Crippen LogP contribution in [0.1, 0.15) is 84.5 Å². The molecule has 0 N–H and O–H groups in total. The highest BCUT2D eigenvalue weighted by Gasteiger charge is 2.06. The normalized spacial score (nSPS) is 11.8. The van der Waals surface area contributed by atoms with Gasteiger partial charge in [-0.1, -0.05) is 50.7 Å². The zero-order chi connectivity index (χ0) is 16.3. The Hall–Kier alpha value is -0.0500. The number of halogens is 1. The second-order valence-corrected chi connectivity index (χ2v) is 6.07. The number of allylic oxidation sites excluding steroid dienone is 2. The van der Waals surface area contributed by atoms with E-state index in [2.05, 4.69) is 12.2 Å². The molecule has 0 rings (SSSR count). The highest BCUT2D eigenvalue weighted by Crippen LogP contribution is 2.13. The van der Waals surface area contributed by atoms with Crippen LogP contribution in [0.25, 0.3) is 0 Å². The molecule has 0 saturated carbocycles. The Morgan fingerprint density at radius 3 is 1.77 bits per heavy atom. The van der Waals surface area contributed by atoms with Crippen molar-refractivity contribution in [3.63, 3.8) is 0 Å². The lowest BCUT2D eigenvalue weighted by atomic mass is 10.1. The van der Waals surface area contributed by atoms with E-state index in [0.717, 1.165) is 31.9 Å². The highest BCUT2D eigenvalue weighted by atomic mass is 35.5. The Bertz CT molecular complexity index is 225. The summed E-state index contributed by atoms with van der Waals surface area (Å²) >= 11 is 5.62. The standard InChI is InChI=1S/C19H37ClO2/c1-3-21-19(22-4-2)17-15-13-11-9-7-5-6-8-10-12-14-16-18-20/h12,14,19H,3-11,13,15-18H2,1-2H3/b14-12-. The van der Waals surface area contributed by atoms with Crippen molar-refractivity contribution in [2.45, 2.75) is 90.8 Å². The van der Waals surface area contributed by atoms with Gasteiger partial charge in [-0.25, -0.2) is 0 Å². The fourth-order valence-corrected chi connectivity index (χ4v) is 2.65. The molecule has 0 saturated heterocycles. The number of hydrogen-bond acceptors (Lipinski definition) is 2. The maximum absolute atomic E-state index is 5.62. The fraction of sp³-hybridized carbons (Fsp3) is 0.895. The number of rotatable bonds is 17. The van der Waals surface area contributed by atoms with E-state index in [1.54, 1.807) is 0 Å². The van der Waals surface area contributed by atoms with Gasteiger partial charge in [0.2, 0.25) is 0 Å². The smallest absolute Gasteiger partial charge is 0.157 e. The zero-order valence-electron chi connectivity index (χ0n) is 14.8. The predicted molar refractivity (Wildman–Crippen MR) is 97.7 cm³/mol. The topological polar surface area (TPSA) is 18.5 Å². The second-order valence-electron chi connectivity index (χ2n) is 5.70. The first kappa shape index (κ1) is 21.9. The molecule has 0 atom stereocenters. The van der Waals surface area contributed by atoms with Crippen LogP contribution in [-0.4, -0.2) is 25.4 Å². The van der Waals surface area contributed by atoms with Crippen LogP contribution in [0.4, 0.5) is 0 Å². The molecule has 132 valence electrons. The van der Waals surface area contributed by atoms with Crippen LogP contribution in [0.5, 0.6) is 0 Å². The quantitative estimate of drug-likeness (QED) is 0.131. The van der Waals surface area contributed by atoms with E-state index >= 15 is 0 Å². The minimum absolute atomic E-state index is 0.0156. The Balaban J connectivity index is 3.22. The number of alkyl halides is 1. The van der Waals surface area contributed by atoms with Crippen molar-refractivity contribution in [1.29, 1.82) is 0 Å². The summed E-state index contributed by atoms with van der Waals surface area (Å²) in [5, 5.41) is 0. The Morgan fingerprint density at radius 1 is 0.727 bits per heavy atom. The van der Waals surface area contributed by atoms with Crippen molar-refractivity contribution < 1.29 is 9.47 Å². The molecule has 0 aromatic heterocycles. The van der Waals surface area contributed by atoms with Gasteiger partial charge >= 0.3 is 0 Å². The average molecular weight is 333 g/mol. The summed E-state index contributed by atoms with van der Waals surface area (Å²) in [6, 6.07) is 0. The number of ether oxygens (including phenoxy) is 2. The molecule has 0 aromatic carbocycles. The van der Waals surface area contributed by atoms with Gasteiger partial charge in [-0.15, -0.1) is 11.6 Å². The van der Waals surface area contributed by atoms with Gasteiger partial charge in [-0.2, -0.15) is 0 Å². The summed E-state index contributed by atoms with van der Waals surface area (Å²) in [7, 11) is 0. The van der Waals surface area contributed by atoms with Crippen LogP contribution >= 0.6 is 11.6 Å². The monoisotopic (exact) mass is 332 g/mol. The molecule has 0 unspecified atom stereocenters. The van der Waals surface area contributed by atoms with Gasteiger partial charge in [0.05, 0.1) is 0 Å². The van der Waals surface area contributed by atoms with E-state index in [1.807, 2.05) is 13.8 Å². The Labute approximate surface area is 143 Å². The van der Waals surface area contributed by atoms with Crippen molar-refractivity contribution in [3.05, 3.63) is 12.2 Å². The lowest BCUT2D eigenvalue weighted by Gasteiger charge is -2.16. The van der Waals surface area contributed by atoms with Crippen LogP contribution in [0.2, 0.25) is 0 Å². The van der Waals surface area contributed by atoms with E-state index in [0.29, 0.717) is 0 Å².